The molecule has 2 aromatic rings. The molecule has 2 N–H and O–H groups in total. The molecule has 1 aromatic heterocycles. The van der Waals surface area contributed by atoms with Gasteiger partial charge in [-0.05, 0) is 37.1 Å². The van der Waals surface area contributed by atoms with Crippen LogP contribution in [0.5, 0.6) is 0 Å². The molecule has 0 saturated carbocycles. The maximum atomic E-state index is 12.7. The number of ether oxygens (including phenoxy) is 1. The molecule has 1 fully saturated rings. The van der Waals surface area contributed by atoms with E-state index in [0.717, 1.165) is 0 Å². The summed E-state index contributed by atoms with van der Waals surface area (Å²) >= 11 is 1.25. The van der Waals surface area contributed by atoms with Gasteiger partial charge < -0.3 is 15.0 Å². The Kier molecular flexibility index (Phi) is 7.48. The van der Waals surface area contributed by atoms with Gasteiger partial charge >= 0.3 is 0 Å². The van der Waals surface area contributed by atoms with E-state index in [1.807, 2.05) is 0 Å². The first-order chi connectivity index (χ1) is 14.4. The molecule has 2 amide bonds. The first kappa shape index (κ1) is 22.3. The van der Waals surface area contributed by atoms with Crippen LogP contribution in [0, 0.1) is 5.92 Å². The van der Waals surface area contributed by atoms with Gasteiger partial charge in [0.1, 0.15) is 5.51 Å². The zero-order valence-electron chi connectivity index (χ0n) is 16.4. The van der Waals surface area contributed by atoms with Crippen molar-refractivity contribution in [3.05, 3.63) is 35.3 Å². The summed E-state index contributed by atoms with van der Waals surface area (Å²) in [5.41, 5.74) is 1.95. The summed E-state index contributed by atoms with van der Waals surface area (Å²) in [5.74, 6) is -0.493. The summed E-state index contributed by atoms with van der Waals surface area (Å²) in [7, 11) is -2.16. The third kappa shape index (κ3) is 5.59. The zero-order chi connectivity index (χ0) is 21.6. The average molecular weight is 454 g/mol. The number of piperidine rings is 1. The Balaban J connectivity index is 1.54. The smallest absolute Gasteiger partial charge is 0.253 e. The second kappa shape index (κ2) is 10.1. The van der Waals surface area contributed by atoms with E-state index in [0.29, 0.717) is 36.6 Å². The van der Waals surface area contributed by atoms with Crippen molar-refractivity contribution in [2.24, 2.45) is 5.92 Å². The first-order valence-electron chi connectivity index (χ1n) is 9.35. The van der Waals surface area contributed by atoms with E-state index in [-0.39, 0.29) is 35.8 Å². The van der Waals surface area contributed by atoms with Crippen molar-refractivity contribution in [3.63, 3.8) is 0 Å². The molecule has 3 rings (SSSR count). The molecule has 2 heterocycles. The molecule has 0 spiro atoms. The van der Waals surface area contributed by atoms with Crippen LogP contribution in [-0.2, 0) is 19.6 Å². The number of rotatable bonds is 8. The molecular weight excluding hydrogens is 430 g/mol. The number of anilines is 1. The summed E-state index contributed by atoms with van der Waals surface area (Å²) in [6.07, 6.45) is 1.10. The van der Waals surface area contributed by atoms with Crippen LogP contribution in [0.3, 0.4) is 0 Å². The lowest BCUT2D eigenvalue weighted by molar-refractivity contribution is -0.121. The topological polar surface area (TPSA) is 131 Å². The van der Waals surface area contributed by atoms with E-state index in [4.69, 9.17) is 4.74 Å². The highest BCUT2D eigenvalue weighted by atomic mass is 32.2. The number of likely N-dealkylation sites (tertiary alicyclic amines) is 1. The average Bonchev–Trinajstić information content (AvgIpc) is 3.26. The number of hydrogen-bond acceptors (Lipinski definition) is 8. The van der Waals surface area contributed by atoms with E-state index in [9.17, 15) is 18.0 Å². The minimum atomic E-state index is -3.65. The van der Waals surface area contributed by atoms with Gasteiger partial charge in [0, 0.05) is 38.2 Å². The molecule has 162 valence electrons. The number of hydrogen-bond donors (Lipinski definition) is 2. The van der Waals surface area contributed by atoms with Crippen molar-refractivity contribution < 1.29 is 22.7 Å². The fraction of sp³-hybridized carbons (Fsp3) is 0.444. The van der Waals surface area contributed by atoms with Crippen LogP contribution in [0.15, 0.2) is 34.7 Å². The van der Waals surface area contributed by atoms with E-state index < -0.39 is 10.0 Å². The Morgan fingerprint density at radius 2 is 1.93 bits per heavy atom. The number of sulfonamides is 1. The van der Waals surface area contributed by atoms with Crippen molar-refractivity contribution in [3.8, 4) is 0 Å². The van der Waals surface area contributed by atoms with Crippen LogP contribution in [0.25, 0.3) is 0 Å². The number of carbonyl (C=O) groups excluding carboxylic acids is 2. The van der Waals surface area contributed by atoms with Crippen molar-refractivity contribution in [2.75, 3.05) is 38.7 Å². The van der Waals surface area contributed by atoms with Gasteiger partial charge in [0.15, 0.2) is 0 Å². The number of carbonyl (C=O) groups is 2. The van der Waals surface area contributed by atoms with Crippen LogP contribution in [0.2, 0.25) is 0 Å². The third-order valence-corrected chi connectivity index (χ3v) is 6.84. The Bertz CT molecular complexity index is 955. The molecule has 1 saturated heterocycles. The van der Waals surface area contributed by atoms with E-state index >= 15 is 0 Å². The van der Waals surface area contributed by atoms with Gasteiger partial charge in [-0.2, -0.15) is 0 Å². The second-order valence-corrected chi connectivity index (χ2v) is 9.31. The number of nitrogens with zero attached hydrogens (tertiary/aromatic N) is 3. The number of aromatic nitrogens is 2. The van der Waals surface area contributed by atoms with Crippen molar-refractivity contribution in [2.45, 2.75) is 17.7 Å². The molecule has 0 radical (unpaired) electrons. The molecule has 1 aromatic carbocycles. The molecule has 1 aliphatic heterocycles. The number of methoxy groups -OCH3 is 1. The maximum Gasteiger partial charge on any atom is 0.253 e. The zero-order valence-corrected chi connectivity index (χ0v) is 18.0. The van der Waals surface area contributed by atoms with E-state index in [1.54, 1.807) is 10.4 Å². The van der Waals surface area contributed by atoms with Gasteiger partial charge in [-0.3, -0.25) is 9.59 Å². The van der Waals surface area contributed by atoms with Crippen LogP contribution in [-0.4, -0.2) is 68.7 Å². The largest absolute Gasteiger partial charge is 0.383 e. The van der Waals surface area contributed by atoms with Gasteiger partial charge in [0.2, 0.25) is 21.1 Å². The van der Waals surface area contributed by atoms with Crippen LogP contribution >= 0.6 is 11.3 Å². The van der Waals surface area contributed by atoms with Gasteiger partial charge in [-0.15, -0.1) is 10.2 Å². The minimum absolute atomic E-state index is 0.0854. The predicted octanol–water partition coefficient (Wildman–Crippen LogP) is 0.954. The molecule has 10 nitrogen and oxygen atoms in total. The SMILES string of the molecule is COCCNS(=O)(=O)c1ccc(C(=O)N2CCC(C(=O)Nc3nncs3)CC2)cc1. The normalized spacial score (nSPS) is 15.2. The van der Waals surface area contributed by atoms with Crippen molar-refractivity contribution >= 4 is 38.3 Å². The van der Waals surface area contributed by atoms with Crippen LogP contribution in [0.4, 0.5) is 5.13 Å². The van der Waals surface area contributed by atoms with Crippen LogP contribution < -0.4 is 10.0 Å². The number of amides is 2. The minimum Gasteiger partial charge on any atom is -0.383 e. The summed E-state index contributed by atoms with van der Waals surface area (Å²) in [6, 6.07) is 5.82. The standard InChI is InChI=1S/C18H23N5O5S2/c1-28-11-8-20-30(26,27)15-4-2-14(3-5-15)17(25)23-9-6-13(7-10-23)16(24)21-18-22-19-12-29-18/h2-5,12-13,20H,6-11H2,1H3,(H,21,22,24). The first-order valence-corrected chi connectivity index (χ1v) is 11.7. The Hall–Kier alpha value is -2.41. The van der Waals surface area contributed by atoms with E-state index in [1.165, 1.54) is 42.7 Å². The van der Waals surface area contributed by atoms with Crippen LogP contribution in [0.1, 0.15) is 23.2 Å². The number of benzene rings is 1. The summed E-state index contributed by atoms with van der Waals surface area (Å²) in [6.45, 7) is 1.34. The lowest BCUT2D eigenvalue weighted by Gasteiger charge is -2.31. The summed E-state index contributed by atoms with van der Waals surface area (Å²) in [5, 5.41) is 10.7. The monoisotopic (exact) mass is 453 g/mol. The van der Waals surface area contributed by atoms with E-state index in [2.05, 4.69) is 20.2 Å². The highest BCUT2D eigenvalue weighted by molar-refractivity contribution is 7.89. The second-order valence-electron chi connectivity index (χ2n) is 6.71. The maximum absolute atomic E-state index is 12.7. The highest BCUT2D eigenvalue weighted by Gasteiger charge is 2.28. The molecule has 0 unspecified atom stereocenters. The van der Waals surface area contributed by atoms with Crippen molar-refractivity contribution in [1.82, 2.24) is 19.8 Å². The van der Waals surface area contributed by atoms with Crippen molar-refractivity contribution in [1.29, 1.82) is 0 Å². The Labute approximate surface area is 178 Å². The molecule has 1 aliphatic rings. The fourth-order valence-electron chi connectivity index (χ4n) is 3.10. The molecular formula is C18H23N5O5S2. The fourth-order valence-corrected chi connectivity index (χ4v) is 4.56. The highest BCUT2D eigenvalue weighted by Crippen LogP contribution is 2.22. The lowest BCUT2D eigenvalue weighted by Crippen LogP contribution is -2.41. The summed E-state index contributed by atoms with van der Waals surface area (Å²) < 4.78 is 31.6. The molecule has 0 atom stereocenters. The lowest BCUT2D eigenvalue weighted by atomic mass is 9.95. The number of nitrogens with one attached hydrogen (secondary N) is 2. The van der Waals surface area contributed by atoms with Gasteiger partial charge in [0.25, 0.3) is 5.91 Å². The third-order valence-electron chi connectivity index (χ3n) is 4.75. The molecule has 30 heavy (non-hydrogen) atoms. The van der Waals surface area contributed by atoms with Gasteiger partial charge in [0.05, 0.1) is 11.5 Å². The Morgan fingerprint density at radius 3 is 2.53 bits per heavy atom. The van der Waals surface area contributed by atoms with Gasteiger partial charge in [-0.1, -0.05) is 11.3 Å². The quantitative estimate of drug-likeness (QED) is 0.569. The molecule has 12 heteroatoms. The molecule has 0 bridgehead atoms. The molecule has 0 aliphatic carbocycles. The summed E-state index contributed by atoms with van der Waals surface area (Å²) in [4.78, 5) is 26.8. The Morgan fingerprint density at radius 1 is 1.23 bits per heavy atom. The van der Waals surface area contributed by atoms with Gasteiger partial charge in [-0.25, -0.2) is 13.1 Å². The predicted molar refractivity (Wildman–Crippen MR) is 111 cm³/mol.